The molecule has 1 unspecified atom stereocenters. The van der Waals surface area contributed by atoms with E-state index >= 15 is 0 Å². The monoisotopic (exact) mass is 350 g/mol. The zero-order valence-corrected chi connectivity index (χ0v) is 15.1. The Morgan fingerprint density at radius 3 is 2.87 bits per heavy atom. The SMILES string of the molecule is CC(C)C(C)(C#N)NC(=O)CSc1nc2cc(Cl)ccc2n1C. The molecule has 1 aromatic heterocycles. The summed E-state index contributed by atoms with van der Waals surface area (Å²) in [5.74, 6) is 0.0479. The number of nitrogens with zero attached hydrogens (tertiary/aromatic N) is 3. The third kappa shape index (κ3) is 3.80. The number of imidazole rings is 1. The van der Waals surface area contributed by atoms with Crippen LogP contribution in [0.15, 0.2) is 23.4 Å². The summed E-state index contributed by atoms with van der Waals surface area (Å²) in [7, 11) is 1.90. The molecule has 0 aliphatic carbocycles. The molecular formula is C16H19ClN4OS. The van der Waals surface area contributed by atoms with Crippen LogP contribution < -0.4 is 5.32 Å². The molecule has 5 nitrogen and oxygen atoms in total. The zero-order chi connectivity index (χ0) is 17.2. The van der Waals surface area contributed by atoms with Crippen molar-refractivity contribution in [2.75, 3.05) is 5.75 Å². The number of thioether (sulfide) groups is 1. The van der Waals surface area contributed by atoms with Crippen LogP contribution in [-0.4, -0.2) is 26.8 Å². The molecule has 1 heterocycles. The number of nitrogens with one attached hydrogen (secondary N) is 1. The number of aryl methyl sites for hydroxylation is 1. The van der Waals surface area contributed by atoms with Gasteiger partial charge in [-0.1, -0.05) is 37.2 Å². The van der Waals surface area contributed by atoms with Crippen LogP contribution in [0.3, 0.4) is 0 Å². The first kappa shape index (κ1) is 17.6. The summed E-state index contributed by atoms with van der Waals surface area (Å²) in [5.41, 5.74) is 0.894. The van der Waals surface area contributed by atoms with Crippen molar-refractivity contribution in [2.45, 2.75) is 31.5 Å². The molecule has 1 N–H and O–H groups in total. The highest BCUT2D eigenvalue weighted by molar-refractivity contribution is 7.99. The second-order valence-electron chi connectivity index (χ2n) is 5.89. The average molecular weight is 351 g/mol. The summed E-state index contributed by atoms with van der Waals surface area (Å²) in [6, 6.07) is 7.68. The molecule has 122 valence electrons. The van der Waals surface area contributed by atoms with E-state index in [1.165, 1.54) is 11.8 Å². The Morgan fingerprint density at radius 1 is 1.57 bits per heavy atom. The number of halogens is 1. The number of hydrogen-bond donors (Lipinski definition) is 1. The van der Waals surface area contributed by atoms with Crippen molar-refractivity contribution in [3.63, 3.8) is 0 Å². The van der Waals surface area contributed by atoms with Crippen molar-refractivity contribution < 1.29 is 4.79 Å². The molecule has 23 heavy (non-hydrogen) atoms. The van der Waals surface area contributed by atoms with Gasteiger partial charge in [-0.15, -0.1) is 0 Å². The van der Waals surface area contributed by atoms with E-state index in [0.29, 0.717) is 5.02 Å². The molecule has 0 saturated carbocycles. The van der Waals surface area contributed by atoms with Gasteiger partial charge in [-0.3, -0.25) is 4.79 Å². The second-order valence-corrected chi connectivity index (χ2v) is 7.27. The average Bonchev–Trinajstić information content (AvgIpc) is 2.80. The van der Waals surface area contributed by atoms with E-state index in [-0.39, 0.29) is 17.6 Å². The number of fused-ring (bicyclic) bond motifs is 1. The lowest BCUT2D eigenvalue weighted by Crippen LogP contribution is -2.49. The van der Waals surface area contributed by atoms with Crippen LogP contribution >= 0.6 is 23.4 Å². The number of aromatic nitrogens is 2. The molecule has 0 fully saturated rings. The Bertz CT molecular complexity index is 780. The third-order valence-corrected chi connectivity index (χ3v) is 5.19. The van der Waals surface area contributed by atoms with E-state index < -0.39 is 5.54 Å². The maximum Gasteiger partial charge on any atom is 0.231 e. The van der Waals surface area contributed by atoms with E-state index in [2.05, 4.69) is 16.4 Å². The minimum absolute atomic E-state index is 0.0272. The molecule has 0 aliphatic heterocycles. The van der Waals surface area contributed by atoms with Crippen molar-refractivity contribution >= 4 is 40.3 Å². The molecular weight excluding hydrogens is 332 g/mol. The molecule has 2 rings (SSSR count). The van der Waals surface area contributed by atoms with E-state index in [1.54, 1.807) is 13.0 Å². The van der Waals surface area contributed by atoms with Gasteiger partial charge >= 0.3 is 0 Å². The highest BCUT2D eigenvalue weighted by Gasteiger charge is 2.29. The van der Waals surface area contributed by atoms with E-state index in [4.69, 9.17) is 11.6 Å². The Hall–Kier alpha value is -1.71. The molecule has 0 spiro atoms. The van der Waals surface area contributed by atoms with E-state index in [1.807, 2.05) is 37.6 Å². The van der Waals surface area contributed by atoms with Gasteiger partial charge in [-0.05, 0) is 31.0 Å². The van der Waals surface area contributed by atoms with Gasteiger partial charge in [-0.2, -0.15) is 5.26 Å². The van der Waals surface area contributed by atoms with Gasteiger partial charge in [0, 0.05) is 12.1 Å². The smallest absolute Gasteiger partial charge is 0.231 e. The van der Waals surface area contributed by atoms with Gasteiger partial charge in [-0.25, -0.2) is 4.98 Å². The molecule has 1 aromatic carbocycles. The van der Waals surface area contributed by atoms with Gasteiger partial charge in [0.2, 0.25) is 5.91 Å². The Labute approximate surface area is 145 Å². The maximum atomic E-state index is 12.1. The van der Waals surface area contributed by atoms with Crippen LogP contribution in [0, 0.1) is 17.2 Å². The summed E-state index contributed by atoms with van der Waals surface area (Å²) in [5, 5.41) is 13.4. The zero-order valence-electron chi connectivity index (χ0n) is 13.6. The van der Waals surface area contributed by atoms with Crippen molar-refractivity contribution in [1.82, 2.24) is 14.9 Å². The molecule has 0 aliphatic rings. The van der Waals surface area contributed by atoms with Gasteiger partial charge in [0.15, 0.2) is 5.16 Å². The van der Waals surface area contributed by atoms with Crippen LogP contribution in [0.4, 0.5) is 0 Å². The molecule has 0 bridgehead atoms. The number of carbonyl (C=O) groups excluding carboxylic acids is 1. The summed E-state index contributed by atoms with van der Waals surface area (Å²) in [6.07, 6.45) is 0. The number of carbonyl (C=O) groups is 1. The van der Waals surface area contributed by atoms with Crippen molar-refractivity contribution in [1.29, 1.82) is 5.26 Å². The molecule has 7 heteroatoms. The number of hydrogen-bond acceptors (Lipinski definition) is 4. The Morgan fingerprint density at radius 2 is 2.26 bits per heavy atom. The highest BCUT2D eigenvalue weighted by atomic mass is 35.5. The Balaban J connectivity index is 2.08. The molecule has 2 aromatic rings. The predicted octanol–water partition coefficient (Wildman–Crippen LogP) is 3.37. The molecule has 0 saturated heterocycles. The van der Waals surface area contributed by atoms with Gasteiger partial charge in [0.25, 0.3) is 0 Å². The first-order valence-corrected chi connectivity index (χ1v) is 8.60. The fourth-order valence-corrected chi connectivity index (χ4v) is 2.99. The van der Waals surface area contributed by atoms with Crippen molar-refractivity contribution in [3.8, 4) is 6.07 Å². The second kappa shape index (κ2) is 6.81. The largest absolute Gasteiger partial charge is 0.337 e. The Kier molecular flexibility index (Phi) is 5.23. The first-order chi connectivity index (χ1) is 10.8. The number of rotatable bonds is 5. The van der Waals surface area contributed by atoms with E-state index in [0.717, 1.165) is 16.2 Å². The van der Waals surface area contributed by atoms with E-state index in [9.17, 15) is 10.1 Å². The lowest BCUT2D eigenvalue weighted by atomic mass is 9.90. The summed E-state index contributed by atoms with van der Waals surface area (Å²) in [4.78, 5) is 16.6. The number of benzene rings is 1. The minimum Gasteiger partial charge on any atom is -0.337 e. The standard InChI is InChI=1S/C16H19ClN4OS/c1-10(2)16(3,9-18)20-14(22)8-23-15-19-12-7-11(17)5-6-13(12)21(15)4/h5-7,10H,8H2,1-4H3,(H,20,22). The molecule has 0 radical (unpaired) electrons. The number of amides is 1. The molecule has 1 atom stereocenters. The first-order valence-electron chi connectivity index (χ1n) is 7.24. The lowest BCUT2D eigenvalue weighted by molar-refractivity contribution is -0.120. The minimum atomic E-state index is -0.864. The van der Waals surface area contributed by atoms with Crippen LogP contribution in [0.25, 0.3) is 11.0 Å². The van der Waals surface area contributed by atoms with Gasteiger partial charge < -0.3 is 9.88 Å². The quantitative estimate of drug-likeness (QED) is 0.839. The van der Waals surface area contributed by atoms with Crippen LogP contribution in [0.2, 0.25) is 5.02 Å². The van der Waals surface area contributed by atoms with Gasteiger partial charge in [0.05, 0.1) is 22.9 Å². The van der Waals surface area contributed by atoms with Crippen molar-refractivity contribution in [3.05, 3.63) is 23.2 Å². The van der Waals surface area contributed by atoms with Crippen LogP contribution in [0.5, 0.6) is 0 Å². The fraction of sp³-hybridized carbons (Fsp3) is 0.438. The van der Waals surface area contributed by atoms with Gasteiger partial charge in [0.1, 0.15) is 5.54 Å². The normalized spacial score (nSPS) is 13.8. The van der Waals surface area contributed by atoms with Crippen molar-refractivity contribution in [2.24, 2.45) is 13.0 Å². The summed E-state index contributed by atoms with van der Waals surface area (Å²) >= 11 is 7.31. The predicted molar refractivity (Wildman–Crippen MR) is 93.4 cm³/mol. The molecule has 1 amide bonds. The fourth-order valence-electron chi connectivity index (χ4n) is 2.04. The third-order valence-electron chi connectivity index (χ3n) is 3.92. The van der Waals surface area contributed by atoms with Crippen LogP contribution in [0.1, 0.15) is 20.8 Å². The maximum absolute atomic E-state index is 12.1. The summed E-state index contributed by atoms with van der Waals surface area (Å²) < 4.78 is 1.93. The number of nitriles is 1. The summed E-state index contributed by atoms with van der Waals surface area (Å²) in [6.45, 7) is 5.55. The highest BCUT2D eigenvalue weighted by Crippen LogP contribution is 2.25. The lowest BCUT2D eigenvalue weighted by Gasteiger charge is -2.27. The van der Waals surface area contributed by atoms with Crippen LogP contribution in [-0.2, 0) is 11.8 Å². The topological polar surface area (TPSA) is 70.7 Å².